The van der Waals surface area contributed by atoms with E-state index in [1.54, 1.807) is 11.4 Å². The maximum Gasteiger partial charge on any atom is 0.252 e. The zero-order valence-corrected chi connectivity index (χ0v) is 17.5. The average Bonchev–Trinajstić information content (AvgIpc) is 3.33. The molecule has 0 fully saturated rings. The Bertz CT molecular complexity index is 988. The van der Waals surface area contributed by atoms with E-state index < -0.39 is 15.9 Å². The number of rotatable bonds is 8. The molecule has 0 aliphatic carbocycles. The third kappa shape index (κ3) is 5.36. The van der Waals surface area contributed by atoms with Crippen molar-refractivity contribution in [3.8, 4) is 0 Å². The van der Waals surface area contributed by atoms with Gasteiger partial charge < -0.3 is 0 Å². The highest BCUT2D eigenvalue weighted by molar-refractivity contribution is 8.00. The lowest BCUT2D eigenvalue weighted by Crippen LogP contribution is -2.34. The Morgan fingerprint density at radius 1 is 1.19 bits per heavy atom. The standard InChI is InChI=1S/C16H16N4O3S4/c1-20(27(22,23)14-8-5-9-24-14)10-13(21)17-15-18-19-16(26-15)25-11-12-6-3-2-4-7-12/h2-9H,10-11H2,1H3,(H,17,18,21). The lowest BCUT2D eigenvalue weighted by Gasteiger charge is -2.14. The maximum absolute atomic E-state index is 12.3. The van der Waals surface area contributed by atoms with E-state index in [4.69, 9.17) is 0 Å². The molecule has 0 saturated carbocycles. The molecule has 3 rings (SSSR count). The molecule has 0 bridgehead atoms. The van der Waals surface area contributed by atoms with Gasteiger partial charge in [0.25, 0.3) is 10.0 Å². The smallest absolute Gasteiger partial charge is 0.252 e. The summed E-state index contributed by atoms with van der Waals surface area (Å²) in [5, 5.41) is 12.6. The topological polar surface area (TPSA) is 92.3 Å². The quantitative estimate of drug-likeness (QED) is 0.427. The first-order chi connectivity index (χ1) is 12.9. The molecule has 27 heavy (non-hydrogen) atoms. The Morgan fingerprint density at radius 2 is 1.96 bits per heavy atom. The fourth-order valence-electron chi connectivity index (χ4n) is 2.05. The number of nitrogens with one attached hydrogen (secondary N) is 1. The Kier molecular flexibility index (Phi) is 6.60. The van der Waals surface area contributed by atoms with Crippen LogP contribution < -0.4 is 5.32 Å². The van der Waals surface area contributed by atoms with Gasteiger partial charge in [-0.1, -0.05) is 59.5 Å². The number of hydrogen-bond acceptors (Lipinski definition) is 8. The van der Waals surface area contributed by atoms with Crippen LogP contribution >= 0.6 is 34.4 Å². The van der Waals surface area contributed by atoms with Gasteiger partial charge in [0.1, 0.15) is 4.21 Å². The number of thioether (sulfide) groups is 1. The second-order valence-corrected chi connectivity index (χ2v) is 10.8. The monoisotopic (exact) mass is 440 g/mol. The molecular weight excluding hydrogens is 424 g/mol. The Morgan fingerprint density at radius 3 is 2.67 bits per heavy atom. The van der Waals surface area contributed by atoms with Crippen LogP contribution in [0.2, 0.25) is 0 Å². The summed E-state index contributed by atoms with van der Waals surface area (Å²) in [6.07, 6.45) is 0. The second-order valence-electron chi connectivity index (χ2n) is 5.39. The molecule has 2 heterocycles. The maximum atomic E-state index is 12.3. The van der Waals surface area contributed by atoms with Crippen molar-refractivity contribution in [2.75, 3.05) is 18.9 Å². The van der Waals surface area contributed by atoms with Gasteiger partial charge in [-0.2, -0.15) is 4.31 Å². The summed E-state index contributed by atoms with van der Waals surface area (Å²) < 4.78 is 26.6. The molecule has 0 radical (unpaired) electrons. The molecule has 11 heteroatoms. The predicted molar refractivity (Wildman–Crippen MR) is 109 cm³/mol. The number of nitrogens with zero attached hydrogens (tertiary/aromatic N) is 3. The van der Waals surface area contributed by atoms with E-state index in [1.807, 2.05) is 30.3 Å². The van der Waals surface area contributed by atoms with Gasteiger partial charge >= 0.3 is 0 Å². The van der Waals surface area contributed by atoms with Crippen LogP contribution in [0.25, 0.3) is 0 Å². The van der Waals surface area contributed by atoms with Crippen LogP contribution in [0.4, 0.5) is 5.13 Å². The predicted octanol–water partition coefficient (Wildman–Crippen LogP) is 3.15. The normalized spacial score (nSPS) is 11.6. The number of carbonyl (C=O) groups is 1. The summed E-state index contributed by atoms with van der Waals surface area (Å²) in [5.41, 5.74) is 1.17. The molecule has 3 aromatic rings. The molecule has 1 amide bonds. The SMILES string of the molecule is CN(CC(=O)Nc1nnc(SCc2ccccc2)s1)S(=O)(=O)c1cccs1. The summed E-state index contributed by atoms with van der Waals surface area (Å²) in [6, 6.07) is 13.1. The molecular formula is C16H16N4O3S4. The van der Waals surface area contributed by atoms with Gasteiger partial charge in [-0.25, -0.2) is 8.42 Å². The zero-order chi connectivity index (χ0) is 19.3. The van der Waals surface area contributed by atoms with E-state index in [-0.39, 0.29) is 10.8 Å². The van der Waals surface area contributed by atoms with Gasteiger partial charge in [0.2, 0.25) is 11.0 Å². The molecule has 142 valence electrons. The lowest BCUT2D eigenvalue weighted by atomic mass is 10.2. The minimum atomic E-state index is -3.66. The molecule has 0 atom stereocenters. The lowest BCUT2D eigenvalue weighted by molar-refractivity contribution is -0.116. The van der Waals surface area contributed by atoms with E-state index in [1.165, 1.54) is 41.8 Å². The van der Waals surface area contributed by atoms with Crippen molar-refractivity contribution < 1.29 is 13.2 Å². The minimum Gasteiger partial charge on any atom is -0.299 e. The van der Waals surface area contributed by atoms with Gasteiger partial charge in [-0.3, -0.25) is 10.1 Å². The number of hydrogen-bond donors (Lipinski definition) is 1. The van der Waals surface area contributed by atoms with E-state index in [0.29, 0.717) is 5.13 Å². The van der Waals surface area contributed by atoms with Crippen LogP contribution in [0.3, 0.4) is 0 Å². The van der Waals surface area contributed by atoms with Crippen molar-refractivity contribution in [1.29, 1.82) is 0 Å². The van der Waals surface area contributed by atoms with Gasteiger partial charge in [-0.15, -0.1) is 21.5 Å². The number of thiophene rings is 1. The average molecular weight is 441 g/mol. The summed E-state index contributed by atoms with van der Waals surface area (Å²) in [5.74, 6) is 0.291. The summed E-state index contributed by atoms with van der Waals surface area (Å²) >= 11 is 3.89. The molecule has 0 unspecified atom stereocenters. The Balaban J connectivity index is 1.53. The summed E-state index contributed by atoms with van der Waals surface area (Å²) in [6.45, 7) is -0.299. The fourth-order valence-corrected chi connectivity index (χ4v) is 6.10. The first kappa shape index (κ1) is 20.0. The van der Waals surface area contributed by atoms with E-state index in [0.717, 1.165) is 25.7 Å². The number of anilines is 1. The van der Waals surface area contributed by atoms with Crippen molar-refractivity contribution in [3.05, 3.63) is 53.4 Å². The molecule has 1 aromatic carbocycles. The highest BCUT2D eigenvalue weighted by atomic mass is 32.2. The minimum absolute atomic E-state index is 0.202. The van der Waals surface area contributed by atoms with Crippen LogP contribution in [0.15, 0.2) is 56.4 Å². The number of sulfonamides is 1. The number of amides is 1. The van der Waals surface area contributed by atoms with Gasteiger partial charge in [0.15, 0.2) is 4.34 Å². The summed E-state index contributed by atoms with van der Waals surface area (Å²) in [4.78, 5) is 12.1. The highest BCUT2D eigenvalue weighted by Gasteiger charge is 2.24. The van der Waals surface area contributed by atoms with Crippen LogP contribution in [0, 0.1) is 0 Å². The zero-order valence-electron chi connectivity index (χ0n) is 14.2. The molecule has 1 N–H and O–H groups in total. The first-order valence-electron chi connectivity index (χ1n) is 7.75. The molecule has 0 saturated heterocycles. The third-order valence-electron chi connectivity index (χ3n) is 3.38. The van der Waals surface area contributed by atoms with Crippen LogP contribution in [-0.4, -0.2) is 42.4 Å². The molecule has 0 aliphatic heterocycles. The van der Waals surface area contributed by atoms with Crippen molar-refractivity contribution >= 4 is 55.5 Å². The van der Waals surface area contributed by atoms with Crippen LogP contribution in [0.1, 0.15) is 5.56 Å². The largest absolute Gasteiger partial charge is 0.299 e. The molecule has 0 aliphatic rings. The number of benzene rings is 1. The Labute approximate surface area is 169 Å². The molecule has 7 nitrogen and oxygen atoms in total. The van der Waals surface area contributed by atoms with Crippen molar-refractivity contribution in [3.63, 3.8) is 0 Å². The number of aromatic nitrogens is 2. The Hall–Kier alpha value is -1.79. The summed E-state index contributed by atoms with van der Waals surface area (Å²) in [7, 11) is -2.29. The van der Waals surface area contributed by atoms with Crippen molar-refractivity contribution in [1.82, 2.24) is 14.5 Å². The first-order valence-corrected chi connectivity index (χ1v) is 11.9. The fraction of sp³-hybridized carbons (Fsp3) is 0.188. The van der Waals surface area contributed by atoms with Crippen LogP contribution in [0.5, 0.6) is 0 Å². The van der Waals surface area contributed by atoms with E-state index in [2.05, 4.69) is 15.5 Å². The van der Waals surface area contributed by atoms with E-state index in [9.17, 15) is 13.2 Å². The highest BCUT2D eigenvalue weighted by Crippen LogP contribution is 2.28. The molecule has 2 aromatic heterocycles. The number of likely N-dealkylation sites (N-methyl/N-ethyl adjacent to an activating group) is 1. The van der Waals surface area contributed by atoms with Crippen molar-refractivity contribution in [2.24, 2.45) is 0 Å². The van der Waals surface area contributed by atoms with Gasteiger partial charge in [0.05, 0.1) is 6.54 Å². The van der Waals surface area contributed by atoms with Gasteiger partial charge in [0, 0.05) is 12.8 Å². The van der Waals surface area contributed by atoms with Crippen molar-refractivity contribution in [2.45, 2.75) is 14.3 Å². The van der Waals surface area contributed by atoms with Crippen LogP contribution in [-0.2, 0) is 20.6 Å². The van der Waals surface area contributed by atoms with E-state index >= 15 is 0 Å². The molecule has 0 spiro atoms. The van der Waals surface area contributed by atoms with Gasteiger partial charge in [-0.05, 0) is 17.0 Å². The third-order valence-corrected chi connectivity index (χ3v) is 8.60. The second kappa shape index (κ2) is 8.93. The number of carbonyl (C=O) groups excluding carboxylic acids is 1.